The van der Waals surface area contributed by atoms with E-state index in [1.54, 1.807) is 0 Å². The highest BCUT2D eigenvalue weighted by molar-refractivity contribution is 9.10. The maximum absolute atomic E-state index is 4.42. The highest BCUT2D eigenvalue weighted by Crippen LogP contribution is 2.58. The van der Waals surface area contributed by atoms with E-state index in [1.807, 2.05) is 12.4 Å². The molecule has 3 aromatic carbocycles. The van der Waals surface area contributed by atoms with Crippen LogP contribution >= 0.6 is 23.2 Å². The molecular weight excluding hydrogens is 493 g/mol. The van der Waals surface area contributed by atoms with Crippen molar-refractivity contribution < 1.29 is 17.0 Å². The van der Waals surface area contributed by atoms with Crippen molar-refractivity contribution in [1.82, 2.24) is 4.98 Å². The molecule has 1 aromatic heterocycles. The Bertz CT molecular complexity index is 912. The van der Waals surface area contributed by atoms with Crippen molar-refractivity contribution in [2.75, 3.05) is 0 Å². The Morgan fingerprint density at radius 2 is 1.07 bits per heavy atom. The number of rotatable bonds is 5. The normalized spacial score (nSPS) is 10.9. The largest absolute Gasteiger partial charge is 1.00 e. The Hall–Kier alpha value is -1.80. The van der Waals surface area contributed by atoms with Gasteiger partial charge in [0.15, 0.2) is 0 Å². The molecule has 0 radical (unpaired) electrons. The maximum Gasteiger partial charge on any atom is 0.116 e. The first-order chi connectivity index (χ1) is 13.3. The third-order valence-electron chi connectivity index (χ3n) is 4.77. The summed E-state index contributed by atoms with van der Waals surface area (Å²) in [6, 6.07) is 35.0. The number of hydrogen-bond donors (Lipinski definition) is 0. The maximum atomic E-state index is 4.42. The van der Waals surface area contributed by atoms with Crippen molar-refractivity contribution in [3.8, 4) is 0 Å². The van der Waals surface area contributed by atoms with Gasteiger partial charge in [-0.3, -0.25) is 4.98 Å². The van der Waals surface area contributed by atoms with Crippen LogP contribution in [0.4, 0.5) is 0 Å². The van der Waals surface area contributed by atoms with Crippen molar-refractivity contribution in [3.63, 3.8) is 0 Å². The molecule has 0 aliphatic rings. The lowest BCUT2D eigenvalue weighted by Crippen LogP contribution is -3.00. The summed E-state index contributed by atoms with van der Waals surface area (Å²) >= 11 is 3.59. The van der Waals surface area contributed by atoms with Crippen LogP contribution in [-0.2, 0) is 6.16 Å². The molecule has 4 heteroatoms. The van der Waals surface area contributed by atoms with Crippen LogP contribution in [-0.4, -0.2) is 4.98 Å². The van der Waals surface area contributed by atoms with Crippen molar-refractivity contribution in [2.24, 2.45) is 0 Å². The molecule has 0 bridgehead atoms. The van der Waals surface area contributed by atoms with Crippen molar-refractivity contribution in [2.45, 2.75) is 6.16 Å². The smallest absolute Gasteiger partial charge is 0.116 e. The van der Waals surface area contributed by atoms with Gasteiger partial charge in [-0.25, -0.2) is 0 Å². The molecule has 1 nitrogen and oxygen atoms in total. The summed E-state index contributed by atoms with van der Waals surface area (Å²) in [5.74, 6) is 0. The number of hydrogen-bond acceptors (Lipinski definition) is 1. The molecule has 0 spiro atoms. The highest BCUT2D eigenvalue weighted by atomic mass is 79.9. The summed E-state index contributed by atoms with van der Waals surface area (Å²) in [5.41, 5.74) is 1.24. The van der Waals surface area contributed by atoms with E-state index in [4.69, 9.17) is 0 Å². The van der Waals surface area contributed by atoms with Crippen LogP contribution < -0.4 is 32.9 Å². The second-order valence-electron chi connectivity index (χ2n) is 6.49. The van der Waals surface area contributed by atoms with Gasteiger partial charge in [0.25, 0.3) is 0 Å². The molecule has 28 heavy (non-hydrogen) atoms. The minimum atomic E-state index is -1.86. The average molecular weight is 513 g/mol. The Morgan fingerprint density at radius 3 is 1.46 bits per heavy atom. The number of aromatic nitrogens is 1. The summed E-state index contributed by atoms with van der Waals surface area (Å²) in [5, 5.41) is 4.17. The fourth-order valence-electron chi connectivity index (χ4n) is 3.58. The van der Waals surface area contributed by atoms with Gasteiger partial charge in [-0.2, -0.15) is 0 Å². The lowest BCUT2D eigenvalue weighted by molar-refractivity contribution is -0.00000517. The van der Waals surface area contributed by atoms with Crippen LogP contribution in [0.15, 0.2) is 114 Å². The summed E-state index contributed by atoms with van der Waals surface area (Å²) in [7, 11) is -1.86. The van der Waals surface area contributed by atoms with Gasteiger partial charge >= 0.3 is 0 Å². The molecule has 140 valence electrons. The van der Waals surface area contributed by atoms with Gasteiger partial charge in [0.05, 0.1) is 6.16 Å². The Morgan fingerprint density at radius 1 is 0.643 bits per heavy atom. The molecular formula is C24H20Br2NP. The zero-order chi connectivity index (χ0) is 18.5. The lowest BCUT2D eigenvalue weighted by Gasteiger charge is -2.27. The first kappa shape index (κ1) is 20.9. The zero-order valence-electron chi connectivity index (χ0n) is 15.2. The fourth-order valence-corrected chi connectivity index (χ4v) is 8.20. The quantitative estimate of drug-likeness (QED) is 0.374. The van der Waals surface area contributed by atoms with E-state index in [0.717, 1.165) is 10.6 Å². The molecule has 0 saturated heterocycles. The first-order valence-corrected chi connectivity index (χ1v) is 11.7. The first-order valence-electron chi connectivity index (χ1n) is 8.93. The van der Waals surface area contributed by atoms with Crippen molar-refractivity contribution >= 4 is 39.1 Å². The highest BCUT2D eigenvalue weighted by Gasteiger charge is 2.45. The molecule has 0 unspecified atom stereocenters. The van der Waals surface area contributed by atoms with Gasteiger partial charge in [0.1, 0.15) is 23.2 Å². The molecule has 0 saturated carbocycles. The second-order valence-corrected chi connectivity index (χ2v) is 10.9. The van der Waals surface area contributed by atoms with Gasteiger partial charge in [0.2, 0.25) is 0 Å². The van der Waals surface area contributed by atoms with E-state index in [0.29, 0.717) is 0 Å². The van der Waals surface area contributed by atoms with Crippen molar-refractivity contribution in [1.29, 1.82) is 0 Å². The van der Waals surface area contributed by atoms with Crippen LogP contribution in [0.25, 0.3) is 0 Å². The Kier molecular flexibility index (Phi) is 7.18. The molecule has 0 atom stereocenters. The topological polar surface area (TPSA) is 12.9 Å². The molecule has 4 aromatic rings. The van der Waals surface area contributed by atoms with Gasteiger partial charge < -0.3 is 17.0 Å². The summed E-state index contributed by atoms with van der Waals surface area (Å²) in [4.78, 5) is 4.42. The molecule has 0 fully saturated rings. The predicted molar refractivity (Wildman–Crippen MR) is 121 cm³/mol. The van der Waals surface area contributed by atoms with Crippen LogP contribution in [0.1, 0.15) is 5.56 Å². The number of benzene rings is 3. The van der Waals surface area contributed by atoms with E-state index in [2.05, 4.69) is 118 Å². The van der Waals surface area contributed by atoms with E-state index in [9.17, 15) is 0 Å². The number of pyridine rings is 1. The summed E-state index contributed by atoms with van der Waals surface area (Å²) < 4.78 is 1.02. The summed E-state index contributed by atoms with van der Waals surface area (Å²) in [6.07, 6.45) is 4.78. The zero-order valence-corrected chi connectivity index (χ0v) is 19.3. The third-order valence-corrected chi connectivity index (χ3v) is 9.58. The van der Waals surface area contributed by atoms with Crippen LogP contribution in [0.3, 0.4) is 0 Å². The molecule has 0 aliphatic carbocycles. The van der Waals surface area contributed by atoms with Gasteiger partial charge in [0, 0.05) is 22.4 Å². The Labute approximate surface area is 186 Å². The van der Waals surface area contributed by atoms with Gasteiger partial charge in [-0.15, -0.1) is 0 Å². The van der Waals surface area contributed by atoms with Gasteiger partial charge in [-0.05, 0) is 58.4 Å². The Balaban J connectivity index is 0.00000225. The lowest BCUT2D eigenvalue weighted by atomic mass is 10.3. The monoisotopic (exact) mass is 511 g/mol. The fraction of sp³-hybridized carbons (Fsp3) is 0.0417. The van der Waals surface area contributed by atoms with E-state index >= 15 is 0 Å². The molecule has 1 heterocycles. The molecule has 0 aliphatic heterocycles. The van der Waals surface area contributed by atoms with E-state index < -0.39 is 7.26 Å². The predicted octanol–water partition coefficient (Wildman–Crippen LogP) is 2.34. The number of halogens is 2. The minimum Gasteiger partial charge on any atom is -1.00 e. The average Bonchev–Trinajstić information content (AvgIpc) is 2.74. The SMILES string of the molecule is Brc1cncc(C[P+](c2ccccc2)(c2ccccc2)c2ccccc2)c1.[Br-]. The van der Waals surface area contributed by atoms with E-state index in [1.165, 1.54) is 21.5 Å². The van der Waals surface area contributed by atoms with Crippen molar-refractivity contribution in [3.05, 3.63) is 119 Å². The second kappa shape index (κ2) is 9.60. The van der Waals surface area contributed by atoms with Gasteiger partial charge in [-0.1, -0.05) is 54.6 Å². The molecule has 0 N–H and O–H groups in total. The molecule has 0 amide bonds. The van der Waals surface area contributed by atoms with Crippen LogP contribution in [0, 0.1) is 0 Å². The van der Waals surface area contributed by atoms with Crippen LogP contribution in [0.5, 0.6) is 0 Å². The standard InChI is InChI=1S/C24H20BrNP.BrH/c25-21-16-20(17-26-18-21)19-27(22-10-4-1-5-11-22,23-12-6-2-7-13-23)24-14-8-3-9-15-24;/h1-18H,19H2;1H/q+1;/p-1. The summed E-state index contributed by atoms with van der Waals surface area (Å²) in [6.45, 7) is 0. The van der Waals surface area contributed by atoms with Crippen LogP contribution in [0.2, 0.25) is 0 Å². The minimum absolute atomic E-state index is 0. The number of nitrogens with zero attached hydrogens (tertiary/aromatic N) is 1. The third kappa shape index (κ3) is 4.27. The van der Waals surface area contributed by atoms with E-state index in [-0.39, 0.29) is 17.0 Å². The molecule has 4 rings (SSSR count).